The van der Waals surface area contributed by atoms with Crippen molar-refractivity contribution in [2.75, 3.05) is 0 Å². The van der Waals surface area contributed by atoms with Gasteiger partial charge >= 0.3 is 0 Å². The molecule has 0 unspecified atom stereocenters. The van der Waals surface area contributed by atoms with Gasteiger partial charge in [-0.3, -0.25) is 14.9 Å². The molecule has 0 atom stereocenters. The summed E-state index contributed by atoms with van der Waals surface area (Å²) in [5.41, 5.74) is 1.77. The molecule has 1 N–H and O–H groups in total. The minimum Gasteiger partial charge on any atom is -0.288 e. The first-order chi connectivity index (χ1) is 8.75. The molecular weight excluding hydrogens is 246 g/mol. The molecule has 0 aliphatic carbocycles. The second kappa shape index (κ2) is 4.23. The van der Waals surface area contributed by atoms with Crippen molar-refractivity contribution < 1.29 is 9.59 Å². The van der Waals surface area contributed by atoms with Crippen LogP contribution in [0.1, 0.15) is 20.8 Å². The first-order valence-electron chi connectivity index (χ1n) is 5.46. The summed E-state index contributed by atoms with van der Waals surface area (Å²) in [5, 5.41) is 4.31. The monoisotopic (exact) mass is 255 g/mol. The number of hydrogen-bond donors (Lipinski definition) is 1. The number of hydrogen-bond acceptors (Lipinski definition) is 3. The van der Waals surface area contributed by atoms with Gasteiger partial charge < -0.3 is 0 Å². The Hall–Kier alpha value is -2.20. The summed E-state index contributed by atoms with van der Waals surface area (Å²) >= 11 is 1.55. The Morgan fingerprint density at radius 2 is 1.72 bits per heavy atom. The van der Waals surface area contributed by atoms with Crippen LogP contribution in [0.2, 0.25) is 0 Å². The van der Waals surface area contributed by atoms with E-state index < -0.39 is 0 Å². The fraction of sp³-hybridized carbons (Fsp3) is 0. The maximum Gasteiger partial charge on any atom is 0.258 e. The lowest BCUT2D eigenvalue weighted by Gasteiger charge is -2.17. The average molecular weight is 255 g/mol. The lowest BCUT2D eigenvalue weighted by Crippen LogP contribution is -2.36. The van der Waals surface area contributed by atoms with Gasteiger partial charge in [0.05, 0.1) is 0 Å². The lowest BCUT2D eigenvalue weighted by molar-refractivity contribution is -0.114. The molecule has 0 fully saturated rings. The lowest BCUT2D eigenvalue weighted by atomic mass is 9.94. The third kappa shape index (κ3) is 1.76. The van der Waals surface area contributed by atoms with Crippen molar-refractivity contribution in [3.8, 4) is 0 Å². The van der Waals surface area contributed by atoms with E-state index in [2.05, 4.69) is 5.32 Å². The summed E-state index contributed by atoms with van der Waals surface area (Å²) in [5.74, 6) is -0.675. The first kappa shape index (κ1) is 10.9. The van der Waals surface area contributed by atoms with E-state index in [-0.39, 0.29) is 11.8 Å². The van der Waals surface area contributed by atoms with Gasteiger partial charge in [0.1, 0.15) is 0 Å². The quantitative estimate of drug-likeness (QED) is 0.628. The average Bonchev–Trinajstić information content (AvgIpc) is 2.87. The molecule has 0 spiro atoms. The normalized spacial score (nSPS) is 16.6. The Morgan fingerprint density at radius 1 is 0.944 bits per heavy atom. The van der Waals surface area contributed by atoms with Crippen LogP contribution in [0.4, 0.5) is 0 Å². The number of nitrogens with one attached hydrogen (secondary N) is 1. The van der Waals surface area contributed by atoms with E-state index in [1.54, 1.807) is 29.5 Å². The van der Waals surface area contributed by atoms with Crippen LogP contribution in [-0.4, -0.2) is 11.8 Å². The Kier molecular flexibility index (Phi) is 2.57. The van der Waals surface area contributed by atoms with Gasteiger partial charge in [0, 0.05) is 16.0 Å². The van der Waals surface area contributed by atoms with E-state index in [9.17, 15) is 9.59 Å². The SMILES string of the molecule is O=C1NC(=O)c2ccccc2C1=Cc1cccs1. The number of rotatable bonds is 1. The van der Waals surface area contributed by atoms with Crippen molar-refractivity contribution >= 4 is 34.8 Å². The minimum absolute atomic E-state index is 0.334. The highest BCUT2D eigenvalue weighted by Gasteiger charge is 2.26. The molecule has 1 aromatic carbocycles. The molecule has 1 aliphatic heterocycles. The molecule has 4 heteroatoms. The summed E-state index contributed by atoms with van der Waals surface area (Å²) in [6, 6.07) is 11.0. The summed E-state index contributed by atoms with van der Waals surface area (Å²) in [6.07, 6.45) is 1.81. The number of carbonyl (C=O) groups excluding carboxylic acids is 2. The van der Waals surface area contributed by atoms with Crippen molar-refractivity contribution in [3.05, 3.63) is 57.8 Å². The highest BCUT2D eigenvalue weighted by Crippen LogP contribution is 2.26. The third-order valence-electron chi connectivity index (χ3n) is 2.76. The number of imide groups is 1. The van der Waals surface area contributed by atoms with Crippen LogP contribution in [0, 0.1) is 0 Å². The van der Waals surface area contributed by atoms with Crippen LogP contribution >= 0.6 is 11.3 Å². The maximum absolute atomic E-state index is 11.9. The van der Waals surface area contributed by atoms with Crippen molar-refractivity contribution in [2.24, 2.45) is 0 Å². The Bertz CT molecular complexity index is 656. The van der Waals surface area contributed by atoms with Gasteiger partial charge in [-0.2, -0.15) is 0 Å². The standard InChI is InChI=1S/C14H9NO2S/c16-13-11-6-2-1-5-10(11)12(14(17)15-13)8-9-4-3-7-18-9/h1-8H,(H,15,16,17). The van der Waals surface area contributed by atoms with E-state index in [0.717, 1.165) is 4.88 Å². The van der Waals surface area contributed by atoms with Crippen LogP contribution in [-0.2, 0) is 4.79 Å². The fourth-order valence-electron chi connectivity index (χ4n) is 1.94. The molecule has 0 saturated heterocycles. The van der Waals surface area contributed by atoms with Crippen LogP contribution < -0.4 is 5.32 Å². The van der Waals surface area contributed by atoms with Crippen LogP contribution in [0.5, 0.6) is 0 Å². The summed E-state index contributed by atoms with van der Waals surface area (Å²) in [4.78, 5) is 24.6. The van der Waals surface area contributed by atoms with E-state index in [1.165, 1.54) is 0 Å². The van der Waals surface area contributed by atoms with Gasteiger partial charge in [0.2, 0.25) is 0 Å². The molecule has 2 aromatic rings. The predicted octanol–water partition coefficient (Wildman–Crippen LogP) is 2.56. The first-order valence-corrected chi connectivity index (χ1v) is 6.34. The molecule has 3 rings (SSSR count). The number of carbonyl (C=O) groups is 2. The molecule has 0 radical (unpaired) electrons. The minimum atomic E-state index is -0.341. The van der Waals surface area contributed by atoms with Crippen LogP contribution in [0.25, 0.3) is 11.6 Å². The molecule has 1 aliphatic rings. The molecule has 0 saturated carbocycles. The van der Waals surface area contributed by atoms with E-state index in [4.69, 9.17) is 0 Å². The van der Waals surface area contributed by atoms with Crippen LogP contribution in [0.3, 0.4) is 0 Å². The van der Waals surface area contributed by atoms with E-state index >= 15 is 0 Å². The molecule has 0 bridgehead atoms. The van der Waals surface area contributed by atoms with Gasteiger partial charge in [-0.1, -0.05) is 24.3 Å². The van der Waals surface area contributed by atoms with Gasteiger partial charge in [-0.15, -0.1) is 11.3 Å². The molecule has 88 valence electrons. The highest BCUT2D eigenvalue weighted by molar-refractivity contribution is 7.11. The van der Waals surface area contributed by atoms with Gasteiger partial charge in [0.25, 0.3) is 11.8 Å². The predicted molar refractivity (Wildman–Crippen MR) is 71.1 cm³/mol. The zero-order valence-electron chi connectivity index (χ0n) is 9.34. The van der Waals surface area contributed by atoms with Gasteiger partial charge in [-0.25, -0.2) is 0 Å². The van der Waals surface area contributed by atoms with Crippen molar-refractivity contribution in [1.82, 2.24) is 5.32 Å². The largest absolute Gasteiger partial charge is 0.288 e. The number of fused-ring (bicyclic) bond motifs is 1. The number of benzene rings is 1. The Morgan fingerprint density at radius 3 is 2.44 bits per heavy atom. The topological polar surface area (TPSA) is 46.2 Å². The van der Waals surface area contributed by atoms with Crippen molar-refractivity contribution in [2.45, 2.75) is 0 Å². The molecular formula is C14H9NO2S. The van der Waals surface area contributed by atoms with Crippen molar-refractivity contribution in [3.63, 3.8) is 0 Å². The fourth-order valence-corrected chi connectivity index (χ4v) is 2.59. The summed E-state index contributed by atoms with van der Waals surface area (Å²) < 4.78 is 0. The zero-order valence-corrected chi connectivity index (χ0v) is 10.2. The van der Waals surface area contributed by atoms with E-state index in [1.807, 2.05) is 29.7 Å². The summed E-state index contributed by atoms with van der Waals surface area (Å²) in [6.45, 7) is 0. The van der Waals surface area contributed by atoms with Gasteiger partial charge in [-0.05, 0) is 29.2 Å². The molecule has 2 amide bonds. The molecule has 1 aromatic heterocycles. The third-order valence-corrected chi connectivity index (χ3v) is 3.58. The molecule has 2 heterocycles. The second-order valence-electron chi connectivity index (χ2n) is 3.90. The van der Waals surface area contributed by atoms with Crippen molar-refractivity contribution in [1.29, 1.82) is 0 Å². The van der Waals surface area contributed by atoms with Gasteiger partial charge in [0.15, 0.2) is 0 Å². The zero-order chi connectivity index (χ0) is 12.5. The van der Waals surface area contributed by atoms with E-state index in [0.29, 0.717) is 16.7 Å². The molecule has 3 nitrogen and oxygen atoms in total. The maximum atomic E-state index is 11.9. The van der Waals surface area contributed by atoms with Crippen LogP contribution in [0.15, 0.2) is 41.8 Å². The number of amides is 2. The number of thiophene rings is 1. The second-order valence-corrected chi connectivity index (χ2v) is 4.88. The molecule has 18 heavy (non-hydrogen) atoms. The Balaban J connectivity index is 2.18. The highest BCUT2D eigenvalue weighted by atomic mass is 32.1. The smallest absolute Gasteiger partial charge is 0.258 e. The Labute approximate surface area is 108 Å². The summed E-state index contributed by atoms with van der Waals surface area (Å²) in [7, 11) is 0.